The van der Waals surface area contributed by atoms with Crippen LogP contribution in [0.2, 0.25) is 0 Å². The van der Waals surface area contributed by atoms with E-state index >= 15 is 0 Å². The third-order valence-electron chi connectivity index (χ3n) is 3.68. The molecule has 2 N–H and O–H groups in total. The number of rotatable bonds is 9. The Labute approximate surface area is 163 Å². The molecule has 2 rings (SSSR count). The number of carbonyl (C=O) groups is 2. The largest absolute Gasteiger partial charge is 0.494 e. The monoisotopic (exact) mass is 406 g/mol. The molecule has 0 saturated carbocycles. The summed E-state index contributed by atoms with van der Waals surface area (Å²) in [6, 6.07) is 12.2. The molecule has 0 aliphatic heterocycles. The number of carbonyl (C=O) groups excluding carboxylic acids is 2. The van der Waals surface area contributed by atoms with E-state index in [4.69, 9.17) is 9.47 Å². The molecule has 1 amide bonds. The van der Waals surface area contributed by atoms with Gasteiger partial charge in [-0.15, -0.1) is 4.83 Å². The zero-order valence-electron chi connectivity index (χ0n) is 15.8. The van der Waals surface area contributed by atoms with E-state index in [-0.39, 0.29) is 16.2 Å². The lowest BCUT2D eigenvalue weighted by Gasteiger charge is -2.15. The second-order valence-corrected chi connectivity index (χ2v) is 7.53. The molecule has 0 aliphatic carbocycles. The van der Waals surface area contributed by atoms with Crippen molar-refractivity contribution in [3.05, 3.63) is 54.1 Å². The van der Waals surface area contributed by atoms with Crippen LogP contribution in [-0.4, -0.2) is 32.8 Å². The number of hydrogen-bond acceptors (Lipinski definition) is 6. The van der Waals surface area contributed by atoms with Gasteiger partial charge in [0.2, 0.25) is 0 Å². The first-order valence-corrected chi connectivity index (χ1v) is 10.0. The fourth-order valence-electron chi connectivity index (χ4n) is 2.20. The van der Waals surface area contributed by atoms with Gasteiger partial charge in [-0.3, -0.25) is 15.0 Å². The van der Waals surface area contributed by atoms with Crippen LogP contribution in [0, 0.1) is 0 Å². The quantitative estimate of drug-likeness (QED) is 0.487. The Morgan fingerprint density at radius 2 is 1.71 bits per heavy atom. The highest BCUT2D eigenvalue weighted by molar-refractivity contribution is 7.89. The van der Waals surface area contributed by atoms with Crippen molar-refractivity contribution >= 4 is 21.7 Å². The Morgan fingerprint density at radius 1 is 1.07 bits per heavy atom. The van der Waals surface area contributed by atoms with Crippen molar-refractivity contribution in [2.75, 3.05) is 6.61 Å². The van der Waals surface area contributed by atoms with Gasteiger partial charge < -0.3 is 9.47 Å². The van der Waals surface area contributed by atoms with Gasteiger partial charge in [0, 0.05) is 5.56 Å². The summed E-state index contributed by atoms with van der Waals surface area (Å²) in [5.74, 6) is 0.161. The van der Waals surface area contributed by atoms with Crippen LogP contribution in [0.15, 0.2) is 53.4 Å². The molecule has 9 heteroatoms. The van der Waals surface area contributed by atoms with Crippen molar-refractivity contribution in [2.24, 2.45) is 0 Å². The summed E-state index contributed by atoms with van der Waals surface area (Å²) in [4.78, 5) is 25.4. The molecule has 150 valence electrons. The van der Waals surface area contributed by atoms with Crippen LogP contribution >= 0.6 is 0 Å². The predicted molar refractivity (Wildman–Crippen MR) is 103 cm³/mol. The van der Waals surface area contributed by atoms with E-state index in [9.17, 15) is 18.0 Å². The number of benzene rings is 2. The van der Waals surface area contributed by atoms with Gasteiger partial charge in [-0.2, -0.15) is 0 Å². The van der Waals surface area contributed by atoms with Gasteiger partial charge >= 0.3 is 0 Å². The minimum absolute atomic E-state index is 0.138. The van der Waals surface area contributed by atoms with Gasteiger partial charge in [-0.05, 0) is 57.2 Å². The van der Waals surface area contributed by atoms with Crippen LogP contribution in [0.5, 0.6) is 11.5 Å². The maximum atomic E-state index is 12.3. The Kier molecular flexibility index (Phi) is 7.13. The van der Waals surface area contributed by atoms with Crippen molar-refractivity contribution in [1.29, 1.82) is 0 Å². The minimum atomic E-state index is -4.04. The third-order valence-corrected chi connectivity index (χ3v) is 4.92. The molecule has 0 bridgehead atoms. The highest BCUT2D eigenvalue weighted by Crippen LogP contribution is 2.18. The number of amides is 1. The summed E-state index contributed by atoms with van der Waals surface area (Å²) in [5, 5.41) is 0. The number of ether oxygens (including phenoxy) is 2. The molecule has 0 unspecified atom stereocenters. The molecule has 0 aromatic heterocycles. The topological polar surface area (TPSA) is 111 Å². The van der Waals surface area contributed by atoms with Crippen LogP contribution in [-0.2, 0) is 14.8 Å². The highest BCUT2D eigenvalue weighted by Gasteiger charge is 2.20. The molecule has 0 spiro atoms. The van der Waals surface area contributed by atoms with Gasteiger partial charge in [0.15, 0.2) is 11.9 Å². The SMILES string of the molecule is CCOc1ccc(O[C@H](C)C(=O)NNS(=O)(=O)c2cccc(C(C)=O)c2)cc1. The normalized spacial score (nSPS) is 12.1. The zero-order chi connectivity index (χ0) is 20.7. The van der Waals surface area contributed by atoms with E-state index in [1.165, 1.54) is 38.1 Å². The third kappa shape index (κ3) is 5.80. The smallest absolute Gasteiger partial charge is 0.275 e. The molecule has 8 nitrogen and oxygen atoms in total. The molecule has 0 saturated heterocycles. The van der Waals surface area contributed by atoms with E-state index < -0.39 is 22.0 Å². The molecule has 0 radical (unpaired) electrons. The summed E-state index contributed by atoms with van der Waals surface area (Å²) in [5.41, 5.74) is 2.36. The number of Topliss-reactive ketones (excluding diaryl/α,β-unsaturated/α-hetero) is 1. The Morgan fingerprint density at radius 3 is 2.32 bits per heavy atom. The van der Waals surface area contributed by atoms with Crippen LogP contribution in [0.4, 0.5) is 0 Å². The van der Waals surface area contributed by atoms with Crippen molar-refractivity contribution in [3.63, 3.8) is 0 Å². The van der Waals surface area contributed by atoms with E-state index in [0.717, 1.165) is 0 Å². The predicted octanol–water partition coefficient (Wildman–Crippen LogP) is 2.06. The summed E-state index contributed by atoms with van der Waals surface area (Å²) in [6.45, 7) is 5.22. The summed E-state index contributed by atoms with van der Waals surface area (Å²) >= 11 is 0. The average Bonchev–Trinajstić information content (AvgIpc) is 2.68. The fraction of sp³-hybridized carbons (Fsp3) is 0.263. The van der Waals surface area contributed by atoms with Gasteiger partial charge in [0.1, 0.15) is 11.5 Å². The Hall–Kier alpha value is -2.91. The molecule has 0 heterocycles. The number of hydrazine groups is 1. The summed E-state index contributed by atoms with van der Waals surface area (Å²) < 4.78 is 35.4. The number of ketones is 1. The molecule has 2 aromatic rings. The maximum Gasteiger partial charge on any atom is 0.275 e. The number of nitrogens with one attached hydrogen (secondary N) is 2. The van der Waals surface area contributed by atoms with E-state index in [1.54, 1.807) is 24.3 Å². The van der Waals surface area contributed by atoms with E-state index in [0.29, 0.717) is 18.1 Å². The molecule has 0 aliphatic rings. The highest BCUT2D eigenvalue weighted by atomic mass is 32.2. The second-order valence-electron chi connectivity index (χ2n) is 5.84. The molecule has 2 aromatic carbocycles. The lowest BCUT2D eigenvalue weighted by Crippen LogP contribution is -2.47. The maximum absolute atomic E-state index is 12.3. The van der Waals surface area contributed by atoms with Crippen LogP contribution in [0.1, 0.15) is 31.1 Å². The Balaban J connectivity index is 1.96. The average molecular weight is 406 g/mol. The number of hydrogen-bond donors (Lipinski definition) is 2. The van der Waals surface area contributed by atoms with Gasteiger partial charge in [-0.25, -0.2) is 8.42 Å². The molecule has 0 fully saturated rings. The lowest BCUT2D eigenvalue weighted by atomic mass is 10.2. The van der Waals surface area contributed by atoms with Crippen LogP contribution < -0.4 is 19.7 Å². The van der Waals surface area contributed by atoms with E-state index in [2.05, 4.69) is 5.43 Å². The van der Waals surface area contributed by atoms with Crippen LogP contribution in [0.3, 0.4) is 0 Å². The first-order chi connectivity index (χ1) is 13.2. The summed E-state index contributed by atoms with van der Waals surface area (Å²) in [6.07, 6.45) is -0.954. The summed E-state index contributed by atoms with van der Waals surface area (Å²) in [7, 11) is -4.04. The molecular formula is C19H22N2O6S. The van der Waals surface area contributed by atoms with Crippen molar-refractivity contribution in [2.45, 2.75) is 31.8 Å². The van der Waals surface area contributed by atoms with Crippen molar-refractivity contribution < 1.29 is 27.5 Å². The Bertz CT molecular complexity index is 941. The minimum Gasteiger partial charge on any atom is -0.494 e. The van der Waals surface area contributed by atoms with Crippen molar-refractivity contribution in [3.8, 4) is 11.5 Å². The van der Waals surface area contributed by atoms with E-state index in [1.807, 2.05) is 11.8 Å². The molecule has 1 atom stereocenters. The number of sulfonamides is 1. The van der Waals surface area contributed by atoms with Crippen molar-refractivity contribution in [1.82, 2.24) is 10.3 Å². The van der Waals surface area contributed by atoms with Gasteiger partial charge in [-0.1, -0.05) is 12.1 Å². The van der Waals surface area contributed by atoms with Gasteiger partial charge in [0.05, 0.1) is 11.5 Å². The molecular weight excluding hydrogens is 384 g/mol. The second kappa shape index (κ2) is 9.34. The molecule has 28 heavy (non-hydrogen) atoms. The zero-order valence-corrected chi connectivity index (χ0v) is 16.6. The first-order valence-electron chi connectivity index (χ1n) is 8.55. The fourth-order valence-corrected chi connectivity index (χ4v) is 3.09. The standard InChI is InChI=1S/C19H22N2O6S/c1-4-26-16-8-10-17(11-9-16)27-14(3)19(23)20-21-28(24,25)18-7-5-6-15(12-18)13(2)22/h5-12,14,21H,4H2,1-3H3,(H,20,23)/t14-/m1/s1. The first kappa shape index (κ1) is 21.4. The van der Waals surface area contributed by atoms with Crippen LogP contribution in [0.25, 0.3) is 0 Å². The lowest BCUT2D eigenvalue weighted by molar-refractivity contribution is -0.127. The van der Waals surface area contributed by atoms with Gasteiger partial charge in [0.25, 0.3) is 15.9 Å².